The summed E-state index contributed by atoms with van der Waals surface area (Å²) in [6, 6.07) is 5.85. The van der Waals surface area contributed by atoms with Crippen LogP contribution >= 0.6 is 47.0 Å². The van der Waals surface area contributed by atoms with Crippen molar-refractivity contribution in [3.05, 3.63) is 29.3 Å². The van der Waals surface area contributed by atoms with Gasteiger partial charge in [-0.3, -0.25) is 4.79 Å². The summed E-state index contributed by atoms with van der Waals surface area (Å²) in [7, 11) is 0. The molecule has 0 aliphatic heterocycles. The number of alkyl halides is 3. The van der Waals surface area contributed by atoms with E-state index in [1.54, 1.807) is 0 Å². The number of amides is 1. The Morgan fingerprint density at radius 2 is 1.88 bits per heavy atom. The van der Waals surface area contributed by atoms with Gasteiger partial charge in [0.15, 0.2) is 5.11 Å². The number of hydrogen-bond donors (Lipinski definition) is 3. The van der Waals surface area contributed by atoms with Gasteiger partial charge in [-0.2, -0.15) is 0 Å². The molecule has 0 fully saturated rings. The lowest BCUT2D eigenvalue weighted by Crippen LogP contribution is -2.56. The Hall–Kier alpha value is -0.750. The number of anilines is 1. The molecule has 0 heterocycles. The number of benzene rings is 1. The van der Waals surface area contributed by atoms with Crippen molar-refractivity contribution in [2.75, 3.05) is 5.32 Å². The highest BCUT2D eigenvalue weighted by molar-refractivity contribution is 7.80. The second kappa shape index (κ2) is 9.66. The van der Waals surface area contributed by atoms with Gasteiger partial charge in [0.25, 0.3) is 0 Å². The maximum absolute atomic E-state index is 11.9. The first kappa shape index (κ1) is 21.3. The minimum absolute atomic E-state index is 0.199. The molecule has 0 radical (unpaired) electrons. The average Bonchev–Trinajstić information content (AvgIpc) is 2.47. The van der Waals surface area contributed by atoms with Gasteiger partial charge < -0.3 is 16.0 Å². The van der Waals surface area contributed by atoms with Gasteiger partial charge in [0, 0.05) is 12.1 Å². The van der Waals surface area contributed by atoms with E-state index >= 15 is 0 Å². The molecule has 1 atom stereocenters. The molecule has 24 heavy (non-hydrogen) atoms. The molecule has 0 saturated heterocycles. The first-order valence-corrected chi connectivity index (χ1v) is 9.18. The van der Waals surface area contributed by atoms with Gasteiger partial charge in [-0.15, -0.1) is 0 Å². The van der Waals surface area contributed by atoms with E-state index in [-0.39, 0.29) is 11.0 Å². The van der Waals surface area contributed by atoms with Crippen LogP contribution in [0.1, 0.15) is 37.3 Å². The van der Waals surface area contributed by atoms with Crippen LogP contribution in [0.15, 0.2) is 18.2 Å². The third-order valence-corrected chi connectivity index (χ3v) is 4.30. The fourth-order valence-electron chi connectivity index (χ4n) is 1.89. The molecule has 0 aliphatic rings. The zero-order valence-corrected chi connectivity index (χ0v) is 17.0. The zero-order chi connectivity index (χ0) is 18.3. The summed E-state index contributed by atoms with van der Waals surface area (Å²) in [6.07, 6.45) is 1.11. The Bertz CT molecular complexity index is 590. The molecule has 1 aromatic rings. The minimum atomic E-state index is -1.74. The van der Waals surface area contributed by atoms with Gasteiger partial charge in [0.2, 0.25) is 9.70 Å². The fourth-order valence-corrected chi connectivity index (χ4v) is 2.45. The molecule has 4 nitrogen and oxygen atoms in total. The number of aryl methyl sites for hydroxylation is 2. The van der Waals surface area contributed by atoms with Gasteiger partial charge in [0.05, 0.1) is 0 Å². The van der Waals surface area contributed by atoms with E-state index in [9.17, 15) is 4.79 Å². The Balaban J connectivity index is 2.70. The van der Waals surface area contributed by atoms with E-state index in [4.69, 9.17) is 47.0 Å². The lowest BCUT2D eigenvalue weighted by Gasteiger charge is -2.27. The van der Waals surface area contributed by atoms with Crippen LogP contribution in [0.3, 0.4) is 0 Å². The van der Waals surface area contributed by atoms with E-state index in [0.717, 1.165) is 24.1 Å². The van der Waals surface area contributed by atoms with Crippen molar-refractivity contribution in [2.24, 2.45) is 0 Å². The number of unbranched alkanes of at least 4 members (excludes halogenated alkanes) is 1. The van der Waals surface area contributed by atoms with Crippen LogP contribution in [-0.4, -0.2) is 21.0 Å². The highest BCUT2D eigenvalue weighted by atomic mass is 35.6. The summed E-state index contributed by atoms with van der Waals surface area (Å²) in [5.74, 6) is -0.199. The summed E-state index contributed by atoms with van der Waals surface area (Å²) in [6.45, 7) is 6.04. The molecular weight excluding hydrogens is 389 g/mol. The maximum atomic E-state index is 11.9. The highest BCUT2D eigenvalue weighted by Crippen LogP contribution is 2.29. The van der Waals surface area contributed by atoms with E-state index in [2.05, 4.69) is 16.0 Å². The van der Waals surface area contributed by atoms with Crippen LogP contribution in [0.5, 0.6) is 0 Å². The van der Waals surface area contributed by atoms with Crippen LogP contribution in [0.2, 0.25) is 0 Å². The number of thiocarbonyl (C=S) groups is 1. The molecule has 1 amide bonds. The van der Waals surface area contributed by atoms with Crippen LogP contribution in [0.4, 0.5) is 5.69 Å². The summed E-state index contributed by atoms with van der Waals surface area (Å²) in [4.78, 5) is 11.9. The molecule has 0 spiro atoms. The number of hydrogen-bond acceptors (Lipinski definition) is 2. The Morgan fingerprint density at radius 1 is 1.21 bits per heavy atom. The Morgan fingerprint density at radius 3 is 2.42 bits per heavy atom. The molecule has 1 rings (SSSR count). The smallest absolute Gasteiger partial charge is 0.228 e. The molecule has 0 aliphatic carbocycles. The van der Waals surface area contributed by atoms with Gasteiger partial charge in [-0.1, -0.05) is 54.2 Å². The summed E-state index contributed by atoms with van der Waals surface area (Å²) >= 11 is 23.1. The normalized spacial score (nSPS) is 12.4. The van der Waals surface area contributed by atoms with Crippen LogP contribution in [-0.2, 0) is 4.79 Å². The third kappa shape index (κ3) is 7.43. The predicted octanol–water partition coefficient (Wildman–Crippen LogP) is 4.59. The average molecular weight is 411 g/mol. The van der Waals surface area contributed by atoms with Crippen molar-refractivity contribution >= 4 is 63.7 Å². The van der Waals surface area contributed by atoms with Crippen LogP contribution < -0.4 is 16.0 Å². The van der Waals surface area contributed by atoms with Gasteiger partial charge in [-0.05, 0) is 55.7 Å². The lowest BCUT2D eigenvalue weighted by molar-refractivity contribution is -0.122. The number of carbonyl (C=O) groups excluding carboxylic acids is 1. The number of halogens is 3. The minimum Gasteiger partial charge on any atom is -0.339 e. The van der Waals surface area contributed by atoms with Crippen LogP contribution in [0.25, 0.3) is 0 Å². The topological polar surface area (TPSA) is 53.2 Å². The van der Waals surface area contributed by atoms with Crippen LogP contribution in [0, 0.1) is 13.8 Å². The molecule has 0 bridgehead atoms. The highest BCUT2D eigenvalue weighted by Gasteiger charge is 2.34. The quantitative estimate of drug-likeness (QED) is 0.365. The SMILES string of the molecule is CCCCC(=O)NC(NC(=S)Nc1ccc(C)c(C)c1)C(Cl)(Cl)Cl. The Kier molecular flexibility index (Phi) is 8.57. The molecule has 1 aromatic carbocycles. The lowest BCUT2D eigenvalue weighted by atomic mass is 10.1. The summed E-state index contributed by atoms with van der Waals surface area (Å²) in [5.41, 5.74) is 3.13. The van der Waals surface area contributed by atoms with Gasteiger partial charge >= 0.3 is 0 Å². The van der Waals surface area contributed by atoms with Gasteiger partial charge in [-0.25, -0.2) is 0 Å². The first-order chi connectivity index (χ1) is 11.1. The largest absolute Gasteiger partial charge is 0.339 e. The zero-order valence-electron chi connectivity index (χ0n) is 13.9. The monoisotopic (exact) mass is 409 g/mol. The molecular formula is C16H22Cl3N3OS. The molecule has 1 unspecified atom stereocenters. The van der Waals surface area contributed by atoms with Crippen molar-refractivity contribution in [2.45, 2.75) is 50.0 Å². The summed E-state index contributed by atoms with van der Waals surface area (Å²) in [5, 5.41) is 8.77. The second-order valence-electron chi connectivity index (χ2n) is 5.54. The van der Waals surface area contributed by atoms with Gasteiger partial charge in [0.1, 0.15) is 6.17 Å². The van der Waals surface area contributed by atoms with E-state index in [1.165, 1.54) is 5.56 Å². The molecule has 3 N–H and O–H groups in total. The summed E-state index contributed by atoms with van der Waals surface area (Å²) < 4.78 is -1.74. The van der Waals surface area contributed by atoms with Crippen molar-refractivity contribution in [1.29, 1.82) is 0 Å². The van der Waals surface area contributed by atoms with E-state index < -0.39 is 9.96 Å². The molecule has 8 heteroatoms. The Labute approximate surface area is 163 Å². The maximum Gasteiger partial charge on any atom is 0.228 e. The fraction of sp³-hybridized carbons (Fsp3) is 0.500. The van der Waals surface area contributed by atoms with Crippen molar-refractivity contribution in [3.8, 4) is 0 Å². The van der Waals surface area contributed by atoms with E-state index in [1.807, 2.05) is 39.0 Å². The molecule has 134 valence electrons. The van der Waals surface area contributed by atoms with E-state index in [0.29, 0.717) is 6.42 Å². The van der Waals surface area contributed by atoms with Crippen molar-refractivity contribution in [3.63, 3.8) is 0 Å². The second-order valence-corrected chi connectivity index (χ2v) is 8.32. The number of carbonyl (C=O) groups is 1. The third-order valence-electron chi connectivity index (χ3n) is 3.43. The van der Waals surface area contributed by atoms with Crippen molar-refractivity contribution in [1.82, 2.24) is 10.6 Å². The van der Waals surface area contributed by atoms with Crippen molar-refractivity contribution < 1.29 is 4.79 Å². The standard InChI is InChI=1S/C16H22Cl3N3OS/c1-4-5-6-13(23)21-14(16(17,18)19)22-15(24)20-12-8-7-10(2)11(3)9-12/h7-9,14H,4-6H2,1-3H3,(H,21,23)(H2,20,22,24). The first-order valence-electron chi connectivity index (χ1n) is 7.64. The number of rotatable bonds is 6. The molecule has 0 aromatic heterocycles. The number of nitrogens with one attached hydrogen (secondary N) is 3. The predicted molar refractivity (Wildman–Crippen MR) is 107 cm³/mol. The molecule has 0 saturated carbocycles.